The molecule has 1 N–H and O–H groups in total. The Morgan fingerprint density at radius 2 is 1.96 bits per heavy atom. The Kier molecular flexibility index (Phi) is 4.78. The van der Waals surface area contributed by atoms with Gasteiger partial charge >= 0.3 is 0 Å². The van der Waals surface area contributed by atoms with Crippen molar-refractivity contribution in [3.63, 3.8) is 0 Å². The van der Waals surface area contributed by atoms with Crippen LogP contribution in [0, 0.1) is 0 Å². The fraction of sp³-hybridized carbons (Fsp3) is 0.278. The molecular formula is C18H19NO4. The lowest BCUT2D eigenvalue weighted by Crippen LogP contribution is -2.30. The first kappa shape index (κ1) is 15.4. The second-order valence-electron chi connectivity index (χ2n) is 5.38. The second-order valence-corrected chi connectivity index (χ2v) is 5.38. The van der Waals surface area contributed by atoms with Crippen LogP contribution in [0.4, 0.5) is 0 Å². The van der Waals surface area contributed by atoms with E-state index in [1.807, 2.05) is 55.5 Å². The predicted molar refractivity (Wildman–Crippen MR) is 85.2 cm³/mol. The SMILES string of the molecule is CC(NC(=O)COCc1ccccc1)c1ccc2c(c1)OCO2. The van der Waals surface area contributed by atoms with Crippen molar-refractivity contribution in [2.24, 2.45) is 0 Å². The summed E-state index contributed by atoms with van der Waals surface area (Å²) < 4.78 is 16.1. The molecule has 5 nitrogen and oxygen atoms in total. The van der Waals surface area contributed by atoms with Gasteiger partial charge < -0.3 is 19.5 Å². The van der Waals surface area contributed by atoms with E-state index in [2.05, 4.69) is 5.32 Å². The molecule has 2 aromatic rings. The van der Waals surface area contributed by atoms with E-state index in [-0.39, 0.29) is 25.3 Å². The van der Waals surface area contributed by atoms with Gasteiger partial charge in [0.05, 0.1) is 12.6 Å². The summed E-state index contributed by atoms with van der Waals surface area (Å²) in [4.78, 5) is 12.0. The zero-order valence-electron chi connectivity index (χ0n) is 13.0. The molecule has 1 amide bonds. The van der Waals surface area contributed by atoms with Crippen molar-refractivity contribution in [2.45, 2.75) is 19.6 Å². The number of fused-ring (bicyclic) bond motifs is 1. The molecule has 2 aromatic carbocycles. The third-order valence-corrected chi connectivity index (χ3v) is 3.62. The van der Waals surface area contributed by atoms with E-state index in [1.165, 1.54) is 0 Å². The molecule has 1 atom stereocenters. The van der Waals surface area contributed by atoms with Gasteiger partial charge in [0, 0.05) is 0 Å². The molecule has 0 fully saturated rings. The minimum absolute atomic E-state index is 0.0315. The Morgan fingerprint density at radius 1 is 1.17 bits per heavy atom. The molecule has 0 saturated carbocycles. The third-order valence-electron chi connectivity index (χ3n) is 3.62. The summed E-state index contributed by atoms with van der Waals surface area (Å²) in [6.07, 6.45) is 0. The first-order chi connectivity index (χ1) is 11.2. The maximum atomic E-state index is 12.0. The molecule has 3 rings (SSSR count). The van der Waals surface area contributed by atoms with Crippen molar-refractivity contribution < 1.29 is 19.0 Å². The van der Waals surface area contributed by atoms with Crippen molar-refractivity contribution in [3.8, 4) is 11.5 Å². The lowest BCUT2D eigenvalue weighted by atomic mass is 10.1. The Labute approximate surface area is 135 Å². The predicted octanol–water partition coefficient (Wildman–Crippen LogP) is 2.81. The molecule has 1 aliphatic rings. The Bertz CT molecular complexity index is 672. The summed E-state index contributed by atoms with van der Waals surface area (Å²) in [7, 11) is 0. The van der Waals surface area contributed by atoms with Crippen LogP contribution in [-0.4, -0.2) is 19.3 Å². The molecule has 0 aliphatic carbocycles. The number of hydrogen-bond acceptors (Lipinski definition) is 4. The maximum Gasteiger partial charge on any atom is 0.246 e. The fourth-order valence-electron chi connectivity index (χ4n) is 2.38. The van der Waals surface area contributed by atoms with E-state index >= 15 is 0 Å². The lowest BCUT2D eigenvalue weighted by Gasteiger charge is -2.15. The summed E-state index contributed by atoms with van der Waals surface area (Å²) in [5, 5.41) is 2.91. The van der Waals surface area contributed by atoms with Gasteiger partial charge in [-0.05, 0) is 30.2 Å². The highest BCUT2D eigenvalue weighted by Gasteiger charge is 2.16. The average molecular weight is 313 g/mol. The molecule has 0 saturated heterocycles. The summed E-state index contributed by atoms with van der Waals surface area (Å²) in [6.45, 7) is 2.62. The summed E-state index contributed by atoms with van der Waals surface area (Å²) in [6, 6.07) is 15.3. The van der Waals surface area contributed by atoms with Gasteiger partial charge in [0.2, 0.25) is 12.7 Å². The van der Waals surface area contributed by atoms with Gasteiger partial charge in [-0.1, -0.05) is 36.4 Å². The molecule has 0 aromatic heterocycles. The number of carbonyl (C=O) groups is 1. The summed E-state index contributed by atoms with van der Waals surface area (Å²) in [5.74, 6) is 1.30. The molecule has 0 bridgehead atoms. The van der Waals surface area contributed by atoms with Gasteiger partial charge in [-0.25, -0.2) is 0 Å². The fourth-order valence-corrected chi connectivity index (χ4v) is 2.38. The average Bonchev–Trinajstić information content (AvgIpc) is 3.03. The Hall–Kier alpha value is -2.53. The van der Waals surface area contributed by atoms with Gasteiger partial charge in [0.15, 0.2) is 11.5 Å². The Morgan fingerprint density at radius 3 is 2.78 bits per heavy atom. The number of rotatable bonds is 6. The molecule has 0 spiro atoms. The van der Waals surface area contributed by atoms with Gasteiger partial charge in [-0.3, -0.25) is 4.79 Å². The molecule has 1 aliphatic heterocycles. The topological polar surface area (TPSA) is 56.8 Å². The van der Waals surface area contributed by atoms with Crippen LogP contribution >= 0.6 is 0 Å². The molecular weight excluding hydrogens is 294 g/mol. The first-order valence-electron chi connectivity index (χ1n) is 7.53. The number of nitrogens with one attached hydrogen (secondary N) is 1. The third kappa shape index (κ3) is 4.02. The van der Waals surface area contributed by atoms with E-state index < -0.39 is 0 Å². The number of benzene rings is 2. The highest BCUT2D eigenvalue weighted by atomic mass is 16.7. The van der Waals surface area contributed by atoms with Crippen LogP contribution in [0.3, 0.4) is 0 Å². The van der Waals surface area contributed by atoms with Gasteiger partial charge in [-0.15, -0.1) is 0 Å². The van der Waals surface area contributed by atoms with Crippen LogP contribution in [0.25, 0.3) is 0 Å². The number of hydrogen-bond donors (Lipinski definition) is 1. The first-order valence-corrected chi connectivity index (χ1v) is 7.53. The van der Waals surface area contributed by atoms with Crippen LogP contribution in [0.15, 0.2) is 48.5 Å². The number of amides is 1. The van der Waals surface area contributed by atoms with Crippen molar-refractivity contribution in [2.75, 3.05) is 13.4 Å². The zero-order chi connectivity index (χ0) is 16.1. The molecule has 5 heteroatoms. The second kappa shape index (κ2) is 7.15. The molecule has 120 valence electrons. The normalized spacial score (nSPS) is 13.6. The van der Waals surface area contributed by atoms with Gasteiger partial charge in [-0.2, -0.15) is 0 Å². The minimum atomic E-state index is -0.147. The smallest absolute Gasteiger partial charge is 0.246 e. The highest BCUT2D eigenvalue weighted by Crippen LogP contribution is 2.34. The lowest BCUT2D eigenvalue weighted by molar-refractivity contribution is -0.126. The Balaban J connectivity index is 1.47. The van der Waals surface area contributed by atoms with Crippen molar-refractivity contribution in [1.82, 2.24) is 5.32 Å². The van der Waals surface area contributed by atoms with E-state index in [1.54, 1.807) is 0 Å². The minimum Gasteiger partial charge on any atom is -0.454 e. The molecule has 1 heterocycles. The number of carbonyl (C=O) groups excluding carboxylic acids is 1. The summed E-state index contributed by atoms with van der Waals surface area (Å²) in [5.41, 5.74) is 2.01. The van der Waals surface area contributed by atoms with E-state index in [0.717, 1.165) is 16.9 Å². The molecule has 1 unspecified atom stereocenters. The standard InChI is InChI=1S/C18H19NO4/c1-13(15-7-8-16-17(9-15)23-12-22-16)19-18(20)11-21-10-14-5-3-2-4-6-14/h2-9,13H,10-12H2,1H3,(H,19,20). The van der Waals surface area contributed by atoms with Crippen molar-refractivity contribution in [3.05, 3.63) is 59.7 Å². The van der Waals surface area contributed by atoms with E-state index in [0.29, 0.717) is 12.4 Å². The van der Waals surface area contributed by atoms with E-state index in [4.69, 9.17) is 14.2 Å². The number of ether oxygens (including phenoxy) is 3. The largest absolute Gasteiger partial charge is 0.454 e. The maximum absolute atomic E-state index is 12.0. The van der Waals surface area contributed by atoms with Crippen LogP contribution in [0.5, 0.6) is 11.5 Å². The summed E-state index contributed by atoms with van der Waals surface area (Å²) >= 11 is 0. The van der Waals surface area contributed by atoms with Crippen LogP contribution in [0.2, 0.25) is 0 Å². The van der Waals surface area contributed by atoms with Crippen LogP contribution in [0.1, 0.15) is 24.1 Å². The highest BCUT2D eigenvalue weighted by molar-refractivity contribution is 5.77. The van der Waals surface area contributed by atoms with Crippen molar-refractivity contribution >= 4 is 5.91 Å². The van der Waals surface area contributed by atoms with Crippen LogP contribution in [-0.2, 0) is 16.1 Å². The van der Waals surface area contributed by atoms with Crippen molar-refractivity contribution in [1.29, 1.82) is 0 Å². The van der Waals surface area contributed by atoms with E-state index in [9.17, 15) is 4.79 Å². The monoisotopic (exact) mass is 313 g/mol. The van der Waals surface area contributed by atoms with Gasteiger partial charge in [0.25, 0.3) is 0 Å². The molecule has 0 radical (unpaired) electrons. The zero-order valence-corrected chi connectivity index (χ0v) is 13.0. The quantitative estimate of drug-likeness (QED) is 0.891. The van der Waals surface area contributed by atoms with Crippen LogP contribution < -0.4 is 14.8 Å². The van der Waals surface area contributed by atoms with Gasteiger partial charge in [0.1, 0.15) is 6.61 Å². The molecule has 23 heavy (non-hydrogen) atoms.